The molecule has 0 unspecified atom stereocenters. The first-order chi connectivity index (χ1) is 8.27. The Hall–Kier alpha value is -1.08. The van der Waals surface area contributed by atoms with Gasteiger partial charge in [-0.3, -0.25) is 4.79 Å². The van der Waals surface area contributed by atoms with Crippen molar-refractivity contribution < 1.29 is 18.0 Å². The molecular formula is C11H12BrF3N2O. The number of amides is 1. The van der Waals surface area contributed by atoms with Crippen LogP contribution in [0.2, 0.25) is 0 Å². The molecule has 0 aliphatic rings. The monoisotopic (exact) mass is 324 g/mol. The second-order valence-electron chi connectivity index (χ2n) is 3.68. The first kappa shape index (κ1) is 15.0. The fraction of sp³-hybridized carbons (Fsp3) is 0.364. The number of carbonyl (C=O) groups is 1. The standard InChI is InChI=1S/C11H12BrF3N2O/c1-7-2-3-8(6-9(7)12)17(5-4-16)10(18)11(13,14)15/h2-3,6H,4-5,16H2,1H3. The summed E-state index contributed by atoms with van der Waals surface area (Å²) >= 11 is 3.21. The molecule has 0 aliphatic carbocycles. The van der Waals surface area contributed by atoms with E-state index in [0.29, 0.717) is 9.37 Å². The molecule has 0 fully saturated rings. The van der Waals surface area contributed by atoms with Gasteiger partial charge in [-0.25, -0.2) is 0 Å². The van der Waals surface area contributed by atoms with Crippen molar-refractivity contribution in [2.45, 2.75) is 13.1 Å². The number of hydrogen-bond donors (Lipinski definition) is 1. The van der Waals surface area contributed by atoms with Crippen molar-refractivity contribution in [3.63, 3.8) is 0 Å². The number of anilines is 1. The van der Waals surface area contributed by atoms with Crippen LogP contribution < -0.4 is 10.6 Å². The highest BCUT2D eigenvalue weighted by atomic mass is 79.9. The molecule has 0 saturated heterocycles. The quantitative estimate of drug-likeness (QED) is 0.929. The highest BCUT2D eigenvalue weighted by Crippen LogP contribution is 2.27. The molecule has 1 rings (SSSR count). The van der Waals surface area contributed by atoms with Crippen LogP contribution in [-0.2, 0) is 4.79 Å². The normalized spacial score (nSPS) is 11.4. The number of nitrogens with zero attached hydrogens (tertiary/aromatic N) is 1. The number of halogens is 4. The van der Waals surface area contributed by atoms with E-state index in [0.717, 1.165) is 5.56 Å². The van der Waals surface area contributed by atoms with Crippen molar-refractivity contribution in [1.82, 2.24) is 0 Å². The Kier molecular flexibility index (Phi) is 4.75. The van der Waals surface area contributed by atoms with Crippen LogP contribution in [0.15, 0.2) is 22.7 Å². The van der Waals surface area contributed by atoms with Crippen LogP contribution >= 0.6 is 15.9 Å². The van der Waals surface area contributed by atoms with Gasteiger partial charge in [0, 0.05) is 23.2 Å². The van der Waals surface area contributed by atoms with Crippen molar-refractivity contribution >= 4 is 27.5 Å². The van der Waals surface area contributed by atoms with Gasteiger partial charge >= 0.3 is 12.1 Å². The van der Waals surface area contributed by atoms with E-state index >= 15 is 0 Å². The summed E-state index contributed by atoms with van der Waals surface area (Å²) < 4.78 is 38.0. The van der Waals surface area contributed by atoms with E-state index in [9.17, 15) is 18.0 Å². The maximum absolute atomic E-state index is 12.4. The number of benzene rings is 1. The third kappa shape index (κ3) is 3.46. The van der Waals surface area contributed by atoms with E-state index in [-0.39, 0.29) is 18.8 Å². The lowest BCUT2D eigenvalue weighted by Gasteiger charge is -2.23. The van der Waals surface area contributed by atoms with Gasteiger partial charge in [0.25, 0.3) is 0 Å². The van der Waals surface area contributed by atoms with Gasteiger partial charge in [-0.1, -0.05) is 22.0 Å². The lowest BCUT2D eigenvalue weighted by Crippen LogP contribution is -2.43. The average Bonchev–Trinajstić information content (AvgIpc) is 2.28. The minimum Gasteiger partial charge on any atom is -0.329 e. The molecule has 0 atom stereocenters. The Bertz CT molecular complexity index is 448. The summed E-state index contributed by atoms with van der Waals surface area (Å²) in [4.78, 5) is 11.9. The van der Waals surface area contributed by atoms with E-state index in [1.54, 1.807) is 13.0 Å². The van der Waals surface area contributed by atoms with E-state index in [4.69, 9.17) is 5.73 Å². The maximum Gasteiger partial charge on any atom is 0.471 e. The molecule has 1 aromatic carbocycles. The lowest BCUT2D eigenvalue weighted by molar-refractivity contribution is -0.170. The van der Waals surface area contributed by atoms with Gasteiger partial charge in [0.1, 0.15) is 0 Å². The largest absolute Gasteiger partial charge is 0.471 e. The Morgan fingerprint density at radius 2 is 2.06 bits per heavy atom. The number of rotatable bonds is 3. The summed E-state index contributed by atoms with van der Waals surface area (Å²) in [5.41, 5.74) is 6.28. The number of hydrogen-bond acceptors (Lipinski definition) is 2. The Morgan fingerprint density at radius 1 is 1.44 bits per heavy atom. The second kappa shape index (κ2) is 5.71. The fourth-order valence-electron chi connectivity index (χ4n) is 1.38. The number of aryl methyl sites for hydroxylation is 1. The summed E-state index contributed by atoms with van der Waals surface area (Å²) in [6, 6.07) is 4.56. The number of nitrogens with two attached hydrogens (primary N) is 1. The summed E-state index contributed by atoms with van der Waals surface area (Å²) in [7, 11) is 0. The van der Waals surface area contributed by atoms with Crippen LogP contribution in [0.4, 0.5) is 18.9 Å². The Balaban J connectivity index is 3.12. The average molecular weight is 325 g/mol. The van der Waals surface area contributed by atoms with Crippen LogP contribution in [0.1, 0.15) is 5.56 Å². The zero-order valence-corrected chi connectivity index (χ0v) is 11.2. The number of carbonyl (C=O) groups excluding carboxylic acids is 1. The van der Waals surface area contributed by atoms with Gasteiger partial charge in [0.2, 0.25) is 0 Å². The third-order valence-electron chi connectivity index (χ3n) is 2.31. The summed E-state index contributed by atoms with van der Waals surface area (Å²) in [6.07, 6.45) is -4.91. The minimum absolute atomic E-state index is 0.0483. The van der Waals surface area contributed by atoms with Gasteiger partial charge in [-0.05, 0) is 24.6 Å². The molecule has 0 saturated carbocycles. The molecule has 3 nitrogen and oxygen atoms in total. The van der Waals surface area contributed by atoms with E-state index < -0.39 is 12.1 Å². The summed E-state index contributed by atoms with van der Waals surface area (Å²) in [5, 5.41) is 0. The van der Waals surface area contributed by atoms with Crippen molar-refractivity contribution in [2.75, 3.05) is 18.0 Å². The molecule has 2 N–H and O–H groups in total. The van der Waals surface area contributed by atoms with Crippen LogP contribution in [0.5, 0.6) is 0 Å². The van der Waals surface area contributed by atoms with Crippen LogP contribution in [-0.4, -0.2) is 25.2 Å². The third-order valence-corrected chi connectivity index (χ3v) is 3.16. The Morgan fingerprint density at radius 3 is 2.50 bits per heavy atom. The molecule has 1 aromatic rings. The van der Waals surface area contributed by atoms with Gasteiger partial charge in [-0.2, -0.15) is 13.2 Å². The molecule has 7 heteroatoms. The lowest BCUT2D eigenvalue weighted by atomic mass is 10.2. The van der Waals surface area contributed by atoms with E-state index in [2.05, 4.69) is 15.9 Å². The highest BCUT2D eigenvalue weighted by Gasteiger charge is 2.42. The van der Waals surface area contributed by atoms with E-state index in [1.165, 1.54) is 12.1 Å². The predicted molar refractivity (Wildman–Crippen MR) is 66.3 cm³/mol. The molecule has 0 bridgehead atoms. The fourth-order valence-corrected chi connectivity index (χ4v) is 1.75. The van der Waals surface area contributed by atoms with Gasteiger partial charge < -0.3 is 10.6 Å². The topological polar surface area (TPSA) is 46.3 Å². The zero-order valence-electron chi connectivity index (χ0n) is 9.59. The summed E-state index contributed by atoms with van der Waals surface area (Å²) in [6.45, 7) is 1.56. The second-order valence-corrected chi connectivity index (χ2v) is 4.53. The first-order valence-electron chi connectivity index (χ1n) is 5.12. The van der Waals surface area contributed by atoms with Gasteiger partial charge in [-0.15, -0.1) is 0 Å². The van der Waals surface area contributed by atoms with Crippen LogP contribution in [0.25, 0.3) is 0 Å². The molecule has 1 amide bonds. The smallest absolute Gasteiger partial charge is 0.329 e. The van der Waals surface area contributed by atoms with Crippen molar-refractivity contribution in [1.29, 1.82) is 0 Å². The molecule has 0 radical (unpaired) electrons. The zero-order chi connectivity index (χ0) is 13.9. The van der Waals surface area contributed by atoms with Crippen LogP contribution in [0, 0.1) is 6.92 Å². The highest BCUT2D eigenvalue weighted by molar-refractivity contribution is 9.10. The molecule has 0 aliphatic heterocycles. The van der Waals surface area contributed by atoms with Crippen molar-refractivity contribution in [2.24, 2.45) is 5.73 Å². The summed E-state index contributed by atoms with van der Waals surface area (Å²) in [5.74, 6) is -1.91. The predicted octanol–water partition coefficient (Wildman–Crippen LogP) is 2.61. The minimum atomic E-state index is -4.91. The molecule has 0 aromatic heterocycles. The van der Waals surface area contributed by atoms with Crippen molar-refractivity contribution in [3.8, 4) is 0 Å². The Labute approximate surface area is 111 Å². The molecule has 18 heavy (non-hydrogen) atoms. The van der Waals surface area contributed by atoms with E-state index in [1.807, 2.05) is 0 Å². The number of alkyl halides is 3. The maximum atomic E-state index is 12.4. The molecule has 100 valence electrons. The first-order valence-corrected chi connectivity index (χ1v) is 5.91. The van der Waals surface area contributed by atoms with Crippen molar-refractivity contribution in [3.05, 3.63) is 28.2 Å². The molecule has 0 spiro atoms. The molecular weight excluding hydrogens is 313 g/mol. The van der Waals surface area contributed by atoms with Crippen LogP contribution in [0.3, 0.4) is 0 Å². The SMILES string of the molecule is Cc1ccc(N(CCN)C(=O)C(F)(F)F)cc1Br. The van der Waals surface area contributed by atoms with Gasteiger partial charge in [0.05, 0.1) is 0 Å². The van der Waals surface area contributed by atoms with Gasteiger partial charge in [0.15, 0.2) is 0 Å². The molecule has 0 heterocycles.